The van der Waals surface area contributed by atoms with Crippen molar-refractivity contribution in [3.05, 3.63) is 35.5 Å². The van der Waals surface area contributed by atoms with Gasteiger partial charge in [-0.2, -0.15) is 0 Å². The predicted octanol–water partition coefficient (Wildman–Crippen LogP) is 2.35. The molecule has 0 bridgehead atoms. The van der Waals surface area contributed by atoms with Crippen LogP contribution in [0.3, 0.4) is 0 Å². The van der Waals surface area contributed by atoms with Crippen LogP contribution in [0.1, 0.15) is 24.1 Å². The second-order valence-electron chi connectivity index (χ2n) is 6.71. The molecule has 1 fully saturated rings. The van der Waals surface area contributed by atoms with E-state index >= 15 is 0 Å². The van der Waals surface area contributed by atoms with Gasteiger partial charge in [-0.05, 0) is 43.4 Å². The molecular weight excluding hydrogens is 296 g/mol. The van der Waals surface area contributed by atoms with Crippen molar-refractivity contribution in [2.24, 2.45) is 5.92 Å². The van der Waals surface area contributed by atoms with E-state index in [0.717, 1.165) is 38.9 Å². The molecule has 3 heterocycles. The number of para-hydroxylation sites is 1. The number of aromatic nitrogens is 1. The molecule has 0 unspecified atom stereocenters. The topological polar surface area (TPSA) is 53.2 Å². The Morgan fingerprint density at radius 2 is 2.14 bits per heavy atom. The van der Waals surface area contributed by atoms with Crippen LogP contribution < -0.4 is 0 Å². The van der Waals surface area contributed by atoms with E-state index in [1.165, 1.54) is 22.2 Å². The Balaban J connectivity index is 1.42. The monoisotopic (exact) mass is 318 g/mol. The Morgan fingerprint density at radius 3 is 2.95 bits per heavy atom. The molecule has 2 aliphatic rings. The number of hydrogen-bond donors (Lipinski definition) is 1. The van der Waals surface area contributed by atoms with Crippen LogP contribution in [0.15, 0.2) is 24.3 Å². The molecule has 118 valence electrons. The minimum absolute atomic E-state index is 0.370. The van der Waals surface area contributed by atoms with Crippen LogP contribution in [0.5, 0.6) is 0 Å². The predicted molar refractivity (Wildman–Crippen MR) is 88.7 cm³/mol. The molecule has 0 radical (unpaired) electrons. The molecule has 0 spiro atoms. The summed E-state index contributed by atoms with van der Waals surface area (Å²) in [6.45, 7) is 3.05. The number of H-pyrrole nitrogens is 1. The Labute approximate surface area is 131 Å². The van der Waals surface area contributed by atoms with E-state index in [2.05, 4.69) is 34.1 Å². The first-order valence-electron chi connectivity index (χ1n) is 8.12. The average molecular weight is 318 g/mol. The van der Waals surface area contributed by atoms with Crippen molar-refractivity contribution in [3.63, 3.8) is 0 Å². The number of rotatable bonds is 3. The van der Waals surface area contributed by atoms with Gasteiger partial charge in [-0.25, -0.2) is 8.42 Å². The Morgan fingerprint density at radius 1 is 1.27 bits per heavy atom. The van der Waals surface area contributed by atoms with Crippen LogP contribution in [0.4, 0.5) is 0 Å². The highest BCUT2D eigenvalue weighted by molar-refractivity contribution is 7.91. The summed E-state index contributed by atoms with van der Waals surface area (Å²) in [6.07, 6.45) is 2.95. The molecule has 4 rings (SSSR count). The lowest BCUT2D eigenvalue weighted by Crippen LogP contribution is -2.32. The van der Waals surface area contributed by atoms with Crippen molar-refractivity contribution >= 4 is 20.7 Å². The third-order valence-corrected chi connectivity index (χ3v) is 6.98. The van der Waals surface area contributed by atoms with Gasteiger partial charge in [0.25, 0.3) is 0 Å². The summed E-state index contributed by atoms with van der Waals surface area (Å²) in [5, 5.41) is 1.36. The maximum Gasteiger partial charge on any atom is 0.150 e. The first-order valence-corrected chi connectivity index (χ1v) is 9.94. The molecule has 0 amide bonds. The summed E-state index contributed by atoms with van der Waals surface area (Å²) >= 11 is 0. The van der Waals surface area contributed by atoms with Gasteiger partial charge in [0.2, 0.25) is 0 Å². The number of nitrogens with one attached hydrogen (secondary N) is 1. The van der Waals surface area contributed by atoms with Crippen molar-refractivity contribution in [3.8, 4) is 0 Å². The molecule has 1 aromatic heterocycles. The van der Waals surface area contributed by atoms with Crippen LogP contribution in [-0.4, -0.2) is 42.9 Å². The summed E-state index contributed by atoms with van der Waals surface area (Å²) in [5.74, 6) is 1.16. The van der Waals surface area contributed by atoms with E-state index in [-0.39, 0.29) is 0 Å². The smallest absolute Gasteiger partial charge is 0.150 e. The quantitative estimate of drug-likeness (QED) is 0.945. The Bertz CT molecular complexity index is 794. The fraction of sp³-hybridized carbons (Fsp3) is 0.529. The van der Waals surface area contributed by atoms with Crippen molar-refractivity contribution < 1.29 is 8.42 Å². The molecular formula is C17H22N2O2S. The zero-order valence-electron chi connectivity index (χ0n) is 12.7. The van der Waals surface area contributed by atoms with E-state index < -0.39 is 9.84 Å². The highest BCUT2D eigenvalue weighted by atomic mass is 32.2. The van der Waals surface area contributed by atoms with E-state index in [1.54, 1.807) is 0 Å². The van der Waals surface area contributed by atoms with Gasteiger partial charge in [-0.3, -0.25) is 4.90 Å². The number of aromatic amines is 1. The van der Waals surface area contributed by atoms with Crippen molar-refractivity contribution in [1.29, 1.82) is 0 Å². The Hall–Kier alpha value is -1.33. The molecule has 4 nitrogen and oxygen atoms in total. The number of fused-ring (bicyclic) bond motifs is 3. The van der Waals surface area contributed by atoms with Crippen LogP contribution in [0.2, 0.25) is 0 Å². The van der Waals surface area contributed by atoms with E-state index in [1.807, 2.05) is 0 Å². The lowest BCUT2D eigenvalue weighted by atomic mass is 10.0. The molecule has 1 atom stereocenters. The summed E-state index contributed by atoms with van der Waals surface area (Å²) in [5.41, 5.74) is 4.04. The Kier molecular flexibility index (Phi) is 3.50. The number of benzene rings is 1. The third-order valence-electron chi connectivity index (χ3n) is 5.14. The van der Waals surface area contributed by atoms with Gasteiger partial charge >= 0.3 is 0 Å². The standard InChI is InChI=1S/C17H22N2O2S/c20-22(21)10-7-13(12-22)5-8-19-9-6-15-14-3-1-2-4-16(14)18-17(15)11-19/h1-4,13,18H,5-12H2/t13-/m1/s1. The highest BCUT2D eigenvalue weighted by Gasteiger charge is 2.28. The summed E-state index contributed by atoms with van der Waals surface area (Å²) in [7, 11) is -2.74. The summed E-state index contributed by atoms with van der Waals surface area (Å²) < 4.78 is 23.1. The molecule has 0 saturated carbocycles. The molecule has 2 aliphatic heterocycles. The van der Waals surface area contributed by atoms with Crippen LogP contribution in [-0.2, 0) is 22.8 Å². The molecule has 1 aromatic carbocycles. The normalized spacial score (nSPS) is 24.6. The number of hydrogen-bond acceptors (Lipinski definition) is 3. The van der Waals surface area contributed by atoms with Crippen LogP contribution >= 0.6 is 0 Å². The van der Waals surface area contributed by atoms with Gasteiger partial charge in [0.15, 0.2) is 9.84 Å². The molecule has 22 heavy (non-hydrogen) atoms. The first-order chi connectivity index (χ1) is 10.6. The second-order valence-corrected chi connectivity index (χ2v) is 8.94. The molecule has 1 N–H and O–H groups in total. The zero-order valence-corrected chi connectivity index (χ0v) is 13.5. The van der Waals surface area contributed by atoms with Crippen molar-refractivity contribution in [2.45, 2.75) is 25.8 Å². The fourth-order valence-electron chi connectivity index (χ4n) is 3.90. The molecule has 1 saturated heterocycles. The largest absolute Gasteiger partial charge is 0.357 e. The minimum Gasteiger partial charge on any atom is -0.357 e. The average Bonchev–Trinajstić information content (AvgIpc) is 3.04. The zero-order chi connectivity index (χ0) is 15.2. The van der Waals surface area contributed by atoms with Crippen LogP contribution in [0, 0.1) is 5.92 Å². The van der Waals surface area contributed by atoms with Gasteiger partial charge in [0.1, 0.15) is 0 Å². The van der Waals surface area contributed by atoms with E-state index in [9.17, 15) is 8.42 Å². The lowest BCUT2D eigenvalue weighted by molar-refractivity contribution is 0.235. The van der Waals surface area contributed by atoms with Gasteiger partial charge in [-0.1, -0.05) is 18.2 Å². The third kappa shape index (κ3) is 2.68. The van der Waals surface area contributed by atoms with Gasteiger partial charge in [-0.15, -0.1) is 0 Å². The van der Waals surface area contributed by atoms with Gasteiger partial charge in [0, 0.05) is 29.7 Å². The molecule has 2 aromatic rings. The van der Waals surface area contributed by atoms with Crippen molar-refractivity contribution in [2.75, 3.05) is 24.6 Å². The van der Waals surface area contributed by atoms with Gasteiger partial charge in [0.05, 0.1) is 11.5 Å². The summed E-state index contributed by atoms with van der Waals surface area (Å²) in [6, 6.07) is 8.51. The van der Waals surface area contributed by atoms with Crippen molar-refractivity contribution in [1.82, 2.24) is 9.88 Å². The second kappa shape index (κ2) is 5.39. The van der Waals surface area contributed by atoms with Crippen LogP contribution in [0.25, 0.3) is 10.9 Å². The summed E-state index contributed by atoms with van der Waals surface area (Å²) in [4.78, 5) is 6.01. The fourth-order valence-corrected chi connectivity index (χ4v) is 5.82. The number of nitrogens with zero attached hydrogens (tertiary/aromatic N) is 1. The van der Waals surface area contributed by atoms with Gasteiger partial charge < -0.3 is 4.98 Å². The SMILES string of the molecule is O=S1(=O)CC[C@@H](CCN2CCc3c([nH]c4ccccc34)C2)C1. The maximum absolute atomic E-state index is 11.5. The molecule has 0 aliphatic carbocycles. The number of sulfone groups is 1. The molecule has 5 heteroatoms. The highest BCUT2D eigenvalue weighted by Crippen LogP contribution is 2.28. The maximum atomic E-state index is 11.5. The minimum atomic E-state index is -2.74. The van der Waals surface area contributed by atoms with E-state index in [4.69, 9.17) is 0 Å². The van der Waals surface area contributed by atoms with E-state index in [0.29, 0.717) is 17.4 Å². The lowest BCUT2D eigenvalue weighted by Gasteiger charge is -2.27. The first kappa shape index (κ1) is 14.3.